The summed E-state index contributed by atoms with van der Waals surface area (Å²) < 4.78 is 1.81. The molecule has 1 aliphatic heterocycles. The van der Waals surface area contributed by atoms with Gasteiger partial charge in [-0.15, -0.1) is 0 Å². The number of pyridine rings is 1. The molecule has 1 amide bonds. The lowest BCUT2D eigenvalue weighted by Gasteiger charge is -2.32. The second-order valence-corrected chi connectivity index (χ2v) is 5.73. The van der Waals surface area contributed by atoms with Gasteiger partial charge in [-0.2, -0.15) is 5.10 Å². The molecule has 21 heavy (non-hydrogen) atoms. The van der Waals surface area contributed by atoms with Gasteiger partial charge in [0.2, 0.25) is 5.91 Å². The predicted octanol–water partition coefficient (Wildman–Crippen LogP) is 1.70. The van der Waals surface area contributed by atoms with Gasteiger partial charge in [0, 0.05) is 38.5 Å². The van der Waals surface area contributed by atoms with Crippen LogP contribution in [-0.4, -0.2) is 44.7 Å². The van der Waals surface area contributed by atoms with Crippen LogP contribution in [0.2, 0.25) is 0 Å². The van der Waals surface area contributed by atoms with Crippen LogP contribution >= 0.6 is 0 Å². The number of amides is 1. The van der Waals surface area contributed by atoms with Crippen molar-refractivity contribution in [1.82, 2.24) is 19.7 Å². The molecule has 3 rings (SSSR count). The molecule has 0 atom stereocenters. The molecule has 0 aromatic carbocycles. The molecule has 2 aromatic rings. The summed E-state index contributed by atoms with van der Waals surface area (Å²) in [5.41, 5.74) is 2.93. The number of rotatable bonds is 2. The van der Waals surface area contributed by atoms with Gasteiger partial charge in [-0.3, -0.25) is 9.48 Å². The molecule has 1 fully saturated rings. The van der Waals surface area contributed by atoms with Crippen LogP contribution in [0.1, 0.15) is 25.5 Å². The third-order valence-electron chi connectivity index (χ3n) is 4.17. The highest BCUT2D eigenvalue weighted by atomic mass is 16.2. The summed E-state index contributed by atoms with van der Waals surface area (Å²) in [5, 5.41) is 9.01. The first-order valence-electron chi connectivity index (χ1n) is 7.36. The Morgan fingerprint density at radius 3 is 2.76 bits per heavy atom. The maximum absolute atomic E-state index is 11.3. The van der Waals surface area contributed by atoms with Crippen molar-refractivity contribution in [3.05, 3.63) is 18.0 Å². The lowest BCUT2D eigenvalue weighted by molar-refractivity contribution is -0.129. The van der Waals surface area contributed by atoms with E-state index >= 15 is 0 Å². The Labute approximate surface area is 124 Å². The van der Waals surface area contributed by atoms with Gasteiger partial charge in [0.15, 0.2) is 5.65 Å². The first kappa shape index (κ1) is 13.9. The zero-order valence-corrected chi connectivity index (χ0v) is 12.8. The van der Waals surface area contributed by atoms with Crippen LogP contribution in [0.3, 0.4) is 0 Å². The molecule has 0 unspecified atom stereocenters. The SMILES string of the molecule is CC(=O)N1CCC(Nc2cnc3c(c2)c(C)nn3C)CC1. The fraction of sp³-hybridized carbons (Fsp3) is 0.533. The number of carbonyl (C=O) groups excluding carboxylic acids is 1. The fourth-order valence-corrected chi connectivity index (χ4v) is 2.96. The Kier molecular flexibility index (Phi) is 3.53. The smallest absolute Gasteiger partial charge is 0.219 e. The van der Waals surface area contributed by atoms with Crippen LogP contribution in [0.25, 0.3) is 11.0 Å². The molecule has 1 aliphatic rings. The average Bonchev–Trinajstić information content (AvgIpc) is 2.74. The lowest BCUT2D eigenvalue weighted by atomic mass is 10.0. The molecule has 6 nitrogen and oxygen atoms in total. The van der Waals surface area contributed by atoms with E-state index < -0.39 is 0 Å². The van der Waals surface area contributed by atoms with Gasteiger partial charge in [-0.25, -0.2) is 4.98 Å². The quantitative estimate of drug-likeness (QED) is 0.913. The number of aromatic nitrogens is 3. The van der Waals surface area contributed by atoms with E-state index in [1.165, 1.54) is 0 Å². The molecule has 3 heterocycles. The molecule has 1 N–H and O–H groups in total. The van der Waals surface area contributed by atoms with Gasteiger partial charge < -0.3 is 10.2 Å². The highest BCUT2D eigenvalue weighted by Gasteiger charge is 2.20. The van der Waals surface area contributed by atoms with Crippen LogP contribution in [0.15, 0.2) is 12.3 Å². The van der Waals surface area contributed by atoms with Gasteiger partial charge >= 0.3 is 0 Å². The van der Waals surface area contributed by atoms with Gasteiger partial charge in [0.25, 0.3) is 0 Å². The summed E-state index contributed by atoms with van der Waals surface area (Å²) in [6.45, 7) is 5.29. The highest BCUT2D eigenvalue weighted by molar-refractivity contribution is 5.81. The van der Waals surface area contributed by atoms with Crippen molar-refractivity contribution in [3.8, 4) is 0 Å². The fourth-order valence-electron chi connectivity index (χ4n) is 2.96. The second kappa shape index (κ2) is 5.35. The lowest BCUT2D eigenvalue weighted by Crippen LogP contribution is -2.41. The normalized spacial score (nSPS) is 16.4. The molecule has 0 aliphatic carbocycles. The van der Waals surface area contributed by atoms with E-state index in [0.717, 1.165) is 48.3 Å². The Hall–Kier alpha value is -2.11. The first-order chi connectivity index (χ1) is 10.0. The number of anilines is 1. The van der Waals surface area contributed by atoms with Gasteiger partial charge in [-0.1, -0.05) is 0 Å². The average molecular weight is 287 g/mol. The Bertz CT molecular complexity index is 670. The van der Waals surface area contributed by atoms with Crippen molar-refractivity contribution in [2.45, 2.75) is 32.7 Å². The van der Waals surface area contributed by atoms with E-state index in [9.17, 15) is 4.79 Å². The number of hydrogen-bond acceptors (Lipinski definition) is 4. The van der Waals surface area contributed by atoms with E-state index in [2.05, 4.69) is 21.5 Å². The maximum Gasteiger partial charge on any atom is 0.219 e. The zero-order valence-electron chi connectivity index (χ0n) is 12.8. The maximum atomic E-state index is 11.3. The van der Waals surface area contributed by atoms with E-state index in [-0.39, 0.29) is 5.91 Å². The van der Waals surface area contributed by atoms with E-state index in [1.807, 2.05) is 25.1 Å². The molecule has 1 saturated heterocycles. The molecule has 0 saturated carbocycles. The largest absolute Gasteiger partial charge is 0.381 e. The van der Waals surface area contributed by atoms with Gasteiger partial charge in [0.05, 0.1) is 17.6 Å². The standard InChI is InChI=1S/C15H21N5O/c1-10-14-8-13(9-16-15(14)19(3)18-10)17-12-4-6-20(7-5-12)11(2)21/h8-9,12,17H,4-7H2,1-3H3. The molecular formula is C15H21N5O. The first-order valence-corrected chi connectivity index (χ1v) is 7.36. The van der Waals surface area contributed by atoms with E-state index in [4.69, 9.17) is 0 Å². The predicted molar refractivity (Wildman–Crippen MR) is 82.1 cm³/mol. The highest BCUT2D eigenvalue weighted by Crippen LogP contribution is 2.22. The number of fused-ring (bicyclic) bond motifs is 1. The van der Waals surface area contributed by atoms with E-state index in [0.29, 0.717) is 6.04 Å². The van der Waals surface area contributed by atoms with Crippen LogP contribution < -0.4 is 5.32 Å². The Balaban J connectivity index is 1.71. The number of likely N-dealkylation sites (tertiary alicyclic amines) is 1. The summed E-state index contributed by atoms with van der Waals surface area (Å²) in [6.07, 6.45) is 3.81. The van der Waals surface area contributed by atoms with Crippen molar-refractivity contribution in [2.75, 3.05) is 18.4 Å². The minimum absolute atomic E-state index is 0.169. The van der Waals surface area contributed by atoms with Crippen molar-refractivity contribution in [3.63, 3.8) is 0 Å². The van der Waals surface area contributed by atoms with Gasteiger partial charge in [-0.05, 0) is 25.8 Å². The summed E-state index contributed by atoms with van der Waals surface area (Å²) in [6, 6.07) is 2.51. The molecule has 0 radical (unpaired) electrons. The van der Waals surface area contributed by atoms with Crippen LogP contribution in [0.4, 0.5) is 5.69 Å². The Morgan fingerprint density at radius 2 is 2.10 bits per heavy atom. The monoisotopic (exact) mass is 287 g/mol. The minimum Gasteiger partial charge on any atom is -0.381 e. The van der Waals surface area contributed by atoms with Crippen molar-refractivity contribution >= 4 is 22.6 Å². The Morgan fingerprint density at radius 1 is 1.38 bits per heavy atom. The molecule has 0 bridgehead atoms. The second-order valence-electron chi connectivity index (χ2n) is 5.73. The van der Waals surface area contributed by atoms with E-state index in [1.54, 1.807) is 11.6 Å². The number of nitrogens with one attached hydrogen (secondary N) is 1. The van der Waals surface area contributed by atoms with Crippen LogP contribution in [0.5, 0.6) is 0 Å². The number of carbonyl (C=O) groups is 1. The summed E-state index contributed by atoms with van der Waals surface area (Å²) >= 11 is 0. The summed E-state index contributed by atoms with van der Waals surface area (Å²) in [5.74, 6) is 0.169. The summed E-state index contributed by atoms with van der Waals surface area (Å²) in [4.78, 5) is 17.7. The third kappa shape index (κ3) is 2.70. The number of hydrogen-bond donors (Lipinski definition) is 1. The van der Waals surface area contributed by atoms with Crippen LogP contribution in [-0.2, 0) is 11.8 Å². The molecule has 6 heteroatoms. The molecule has 2 aromatic heterocycles. The van der Waals surface area contributed by atoms with Crippen LogP contribution in [0, 0.1) is 6.92 Å². The molecule has 0 spiro atoms. The summed E-state index contributed by atoms with van der Waals surface area (Å²) in [7, 11) is 1.91. The molecular weight excluding hydrogens is 266 g/mol. The third-order valence-corrected chi connectivity index (χ3v) is 4.17. The number of piperidine rings is 1. The van der Waals surface area contributed by atoms with Crippen molar-refractivity contribution in [2.24, 2.45) is 7.05 Å². The number of aryl methyl sites for hydroxylation is 2. The topological polar surface area (TPSA) is 63.1 Å². The van der Waals surface area contributed by atoms with Crippen molar-refractivity contribution < 1.29 is 4.79 Å². The van der Waals surface area contributed by atoms with Gasteiger partial charge in [0.1, 0.15) is 0 Å². The van der Waals surface area contributed by atoms with Crippen molar-refractivity contribution in [1.29, 1.82) is 0 Å². The molecule has 112 valence electrons. The minimum atomic E-state index is 0.169. The number of nitrogens with zero attached hydrogens (tertiary/aromatic N) is 4. The zero-order chi connectivity index (χ0) is 15.0.